The van der Waals surface area contributed by atoms with E-state index in [2.05, 4.69) is 26.0 Å². The van der Waals surface area contributed by atoms with E-state index >= 15 is 0 Å². The van der Waals surface area contributed by atoms with E-state index in [4.69, 9.17) is 4.74 Å². The summed E-state index contributed by atoms with van der Waals surface area (Å²) in [7, 11) is 0. The maximum Gasteiger partial charge on any atom is 0.127 e. The molecule has 2 rings (SSSR count). The molecule has 1 N–H and O–H groups in total. The summed E-state index contributed by atoms with van der Waals surface area (Å²) in [6, 6.07) is 4.11. The lowest BCUT2D eigenvalue weighted by atomic mass is 9.84. The Balaban J connectivity index is 2.33. The van der Waals surface area contributed by atoms with Crippen LogP contribution < -0.4 is 4.74 Å². The first-order valence-corrected chi connectivity index (χ1v) is 9.21. The lowest BCUT2D eigenvalue weighted by Gasteiger charge is -2.25. The van der Waals surface area contributed by atoms with Gasteiger partial charge in [0.05, 0.1) is 6.10 Å². The standard InChI is InChI=1S/C21H32O2/c1-5-6-7-10-17-13-19(22)21(20(14-17)23-15(2)3)18-11-8-9-16(4)12-18/h12-15,18,22H,5-11H2,1-4H3/t18-/m0/s1. The third-order valence-corrected chi connectivity index (χ3v) is 4.55. The topological polar surface area (TPSA) is 29.5 Å². The molecule has 1 atom stereocenters. The molecule has 0 aromatic heterocycles. The van der Waals surface area contributed by atoms with Gasteiger partial charge in [0.2, 0.25) is 0 Å². The fourth-order valence-corrected chi connectivity index (χ4v) is 3.45. The molecule has 0 saturated carbocycles. The van der Waals surface area contributed by atoms with Crippen molar-refractivity contribution in [1.82, 2.24) is 0 Å². The SMILES string of the molecule is CCCCCc1cc(O)c([C@@H]2C=C(C)CCC2)c(OC(C)C)c1. The van der Waals surface area contributed by atoms with Crippen LogP contribution in [-0.2, 0) is 6.42 Å². The molecule has 1 aromatic rings. The molecule has 0 bridgehead atoms. The predicted octanol–water partition coefficient (Wildman–Crippen LogP) is 6.13. The second-order valence-corrected chi connectivity index (χ2v) is 7.16. The first-order chi connectivity index (χ1) is 11.0. The zero-order valence-electron chi connectivity index (χ0n) is 15.2. The number of unbranched alkanes of at least 4 members (excludes halogenated alkanes) is 2. The molecule has 1 aromatic carbocycles. The van der Waals surface area contributed by atoms with Crippen molar-refractivity contribution in [3.8, 4) is 11.5 Å². The molecule has 2 heteroatoms. The van der Waals surface area contributed by atoms with Gasteiger partial charge in [-0.1, -0.05) is 31.4 Å². The maximum atomic E-state index is 10.7. The van der Waals surface area contributed by atoms with E-state index in [0.29, 0.717) is 5.75 Å². The Morgan fingerprint density at radius 3 is 2.70 bits per heavy atom. The van der Waals surface area contributed by atoms with Gasteiger partial charge in [-0.2, -0.15) is 0 Å². The van der Waals surface area contributed by atoms with Gasteiger partial charge in [0.25, 0.3) is 0 Å². The Labute approximate surface area is 141 Å². The summed E-state index contributed by atoms with van der Waals surface area (Å²) in [5.74, 6) is 1.57. The van der Waals surface area contributed by atoms with E-state index in [1.54, 1.807) is 0 Å². The molecular weight excluding hydrogens is 284 g/mol. The summed E-state index contributed by atoms with van der Waals surface area (Å²) in [4.78, 5) is 0. The number of benzene rings is 1. The monoisotopic (exact) mass is 316 g/mol. The van der Waals surface area contributed by atoms with Gasteiger partial charge in [0.1, 0.15) is 11.5 Å². The summed E-state index contributed by atoms with van der Waals surface area (Å²) in [5.41, 5.74) is 3.59. The molecule has 0 aliphatic heterocycles. The van der Waals surface area contributed by atoms with Crippen LogP contribution >= 0.6 is 0 Å². The van der Waals surface area contributed by atoms with E-state index < -0.39 is 0 Å². The fraction of sp³-hybridized carbons (Fsp3) is 0.619. The zero-order chi connectivity index (χ0) is 16.8. The summed E-state index contributed by atoms with van der Waals surface area (Å²) >= 11 is 0. The highest BCUT2D eigenvalue weighted by Crippen LogP contribution is 2.42. The van der Waals surface area contributed by atoms with Gasteiger partial charge < -0.3 is 9.84 Å². The third-order valence-electron chi connectivity index (χ3n) is 4.55. The molecule has 2 nitrogen and oxygen atoms in total. The van der Waals surface area contributed by atoms with Crippen LogP contribution in [0, 0.1) is 0 Å². The van der Waals surface area contributed by atoms with E-state index in [9.17, 15) is 5.11 Å². The van der Waals surface area contributed by atoms with Gasteiger partial charge in [-0.15, -0.1) is 0 Å². The van der Waals surface area contributed by atoms with Crippen molar-refractivity contribution < 1.29 is 9.84 Å². The second kappa shape index (κ2) is 8.42. The van der Waals surface area contributed by atoms with Crippen LogP contribution in [-0.4, -0.2) is 11.2 Å². The van der Waals surface area contributed by atoms with Gasteiger partial charge in [-0.3, -0.25) is 0 Å². The number of phenols is 1. The first kappa shape index (κ1) is 17.9. The van der Waals surface area contributed by atoms with E-state index in [-0.39, 0.29) is 12.0 Å². The molecular formula is C21H32O2. The van der Waals surface area contributed by atoms with Crippen molar-refractivity contribution in [2.24, 2.45) is 0 Å². The number of hydrogen-bond acceptors (Lipinski definition) is 2. The van der Waals surface area contributed by atoms with E-state index in [1.165, 1.54) is 43.2 Å². The Morgan fingerprint density at radius 2 is 2.04 bits per heavy atom. The quantitative estimate of drug-likeness (QED) is 0.484. The number of phenolic OH excluding ortho intramolecular Hbond substituents is 1. The minimum absolute atomic E-state index is 0.118. The molecule has 0 spiro atoms. The van der Waals surface area contributed by atoms with Crippen molar-refractivity contribution in [3.05, 3.63) is 34.9 Å². The Kier molecular flexibility index (Phi) is 6.56. The fourth-order valence-electron chi connectivity index (χ4n) is 3.45. The summed E-state index contributed by atoms with van der Waals surface area (Å²) in [6.07, 6.45) is 10.5. The molecule has 0 amide bonds. The van der Waals surface area contributed by atoms with Crippen LogP contribution in [0.4, 0.5) is 0 Å². The van der Waals surface area contributed by atoms with Crippen molar-refractivity contribution in [2.45, 2.75) is 84.7 Å². The highest BCUT2D eigenvalue weighted by atomic mass is 16.5. The summed E-state index contributed by atoms with van der Waals surface area (Å²) in [6.45, 7) is 8.50. The van der Waals surface area contributed by atoms with Crippen LogP contribution in [0.1, 0.15) is 83.3 Å². The maximum absolute atomic E-state index is 10.7. The molecule has 128 valence electrons. The number of hydrogen-bond donors (Lipinski definition) is 1. The summed E-state index contributed by atoms with van der Waals surface area (Å²) in [5, 5.41) is 10.7. The van der Waals surface area contributed by atoms with Crippen molar-refractivity contribution >= 4 is 0 Å². The lowest BCUT2D eigenvalue weighted by Crippen LogP contribution is -2.11. The van der Waals surface area contributed by atoms with Crippen LogP contribution in [0.2, 0.25) is 0 Å². The van der Waals surface area contributed by atoms with Crippen molar-refractivity contribution in [3.63, 3.8) is 0 Å². The smallest absolute Gasteiger partial charge is 0.127 e. The predicted molar refractivity (Wildman–Crippen MR) is 97.4 cm³/mol. The number of ether oxygens (including phenoxy) is 1. The van der Waals surface area contributed by atoms with Gasteiger partial charge in [-0.25, -0.2) is 0 Å². The number of aryl methyl sites for hydroxylation is 1. The largest absolute Gasteiger partial charge is 0.507 e. The van der Waals surface area contributed by atoms with Gasteiger partial charge in [-0.05, 0) is 70.6 Å². The van der Waals surface area contributed by atoms with Crippen LogP contribution in [0.25, 0.3) is 0 Å². The number of aromatic hydroxyl groups is 1. The Bertz CT molecular complexity index is 543. The Hall–Kier alpha value is -1.44. The molecule has 0 unspecified atom stereocenters. The average molecular weight is 316 g/mol. The van der Waals surface area contributed by atoms with Gasteiger partial charge >= 0.3 is 0 Å². The lowest BCUT2D eigenvalue weighted by molar-refractivity contribution is 0.237. The van der Waals surface area contributed by atoms with Crippen LogP contribution in [0.5, 0.6) is 11.5 Å². The normalized spacial score (nSPS) is 18.1. The minimum Gasteiger partial charge on any atom is -0.507 e. The highest BCUT2D eigenvalue weighted by molar-refractivity contribution is 5.51. The minimum atomic E-state index is 0.118. The molecule has 23 heavy (non-hydrogen) atoms. The van der Waals surface area contributed by atoms with Crippen molar-refractivity contribution in [2.75, 3.05) is 0 Å². The first-order valence-electron chi connectivity index (χ1n) is 9.21. The number of allylic oxidation sites excluding steroid dienone is 2. The third kappa shape index (κ3) is 5.02. The second-order valence-electron chi connectivity index (χ2n) is 7.16. The van der Waals surface area contributed by atoms with Crippen molar-refractivity contribution in [1.29, 1.82) is 0 Å². The molecule has 1 aliphatic rings. The molecule has 0 fully saturated rings. The molecule has 0 heterocycles. The van der Waals surface area contributed by atoms with E-state index in [1.807, 2.05) is 19.9 Å². The average Bonchev–Trinajstić information content (AvgIpc) is 2.46. The molecule has 0 saturated heterocycles. The highest BCUT2D eigenvalue weighted by Gasteiger charge is 2.22. The van der Waals surface area contributed by atoms with Gasteiger partial charge in [0, 0.05) is 11.5 Å². The molecule has 1 aliphatic carbocycles. The number of rotatable bonds is 7. The van der Waals surface area contributed by atoms with Crippen LogP contribution in [0.3, 0.4) is 0 Å². The zero-order valence-corrected chi connectivity index (χ0v) is 15.2. The Morgan fingerprint density at radius 1 is 1.26 bits per heavy atom. The molecule has 0 radical (unpaired) electrons. The van der Waals surface area contributed by atoms with E-state index in [0.717, 1.165) is 24.2 Å². The van der Waals surface area contributed by atoms with Crippen LogP contribution in [0.15, 0.2) is 23.8 Å². The summed E-state index contributed by atoms with van der Waals surface area (Å²) < 4.78 is 6.07. The van der Waals surface area contributed by atoms with Gasteiger partial charge in [0.15, 0.2) is 0 Å².